The van der Waals surface area contributed by atoms with Crippen LogP contribution in [0.5, 0.6) is 11.5 Å². The molecule has 0 spiro atoms. The van der Waals surface area contributed by atoms with Crippen LogP contribution in [-0.2, 0) is 0 Å². The van der Waals surface area contributed by atoms with Gasteiger partial charge in [0.05, 0.1) is 19.0 Å². The lowest BCUT2D eigenvalue weighted by Gasteiger charge is -2.04. The van der Waals surface area contributed by atoms with Crippen LogP contribution in [0.2, 0.25) is 0 Å². The third-order valence-electron chi connectivity index (χ3n) is 2.65. The van der Waals surface area contributed by atoms with Gasteiger partial charge in [-0.2, -0.15) is 5.10 Å². The smallest absolute Gasteiger partial charge is 0.124 e. The van der Waals surface area contributed by atoms with Crippen LogP contribution >= 0.6 is 0 Å². The highest BCUT2D eigenvalue weighted by Crippen LogP contribution is 2.21. The SMILES string of the molecule is COc1ccc(O)c(/C=N/Nc2cccc(C)c2)c1. The minimum absolute atomic E-state index is 0.163. The molecule has 0 aliphatic heterocycles. The molecular formula is C15H16N2O2. The maximum atomic E-state index is 9.70. The predicted octanol–water partition coefficient (Wildman–Crippen LogP) is 3.16. The summed E-state index contributed by atoms with van der Waals surface area (Å²) in [6.45, 7) is 2.02. The molecule has 0 aromatic heterocycles. The number of methoxy groups -OCH3 is 1. The van der Waals surface area contributed by atoms with E-state index >= 15 is 0 Å². The number of hydrogen-bond acceptors (Lipinski definition) is 4. The van der Waals surface area contributed by atoms with Gasteiger partial charge in [0.15, 0.2) is 0 Å². The molecule has 0 bridgehead atoms. The lowest BCUT2D eigenvalue weighted by molar-refractivity contribution is 0.412. The summed E-state index contributed by atoms with van der Waals surface area (Å²) in [6, 6.07) is 12.9. The molecule has 2 N–H and O–H groups in total. The molecule has 0 fully saturated rings. The van der Waals surface area contributed by atoms with Crippen molar-refractivity contribution in [2.75, 3.05) is 12.5 Å². The molecule has 0 aliphatic rings. The van der Waals surface area contributed by atoms with Crippen molar-refractivity contribution >= 4 is 11.9 Å². The van der Waals surface area contributed by atoms with E-state index in [1.807, 2.05) is 31.2 Å². The van der Waals surface area contributed by atoms with E-state index in [-0.39, 0.29) is 5.75 Å². The van der Waals surface area contributed by atoms with E-state index in [9.17, 15) is 5.11 Å². The predicted molar refractivity (Wildman–Crippen MR) is 77.1 cm³/mol. The fourth-order valence-corrected chi connectivity index (χ4v) is 1.65. The average Bonchev–Trinajstić information content (AvgIpc) is 2.41. The number of hydrazone groups is 1. The van der Waals surface area contributed by atoms with E-state index in [0.29, 0.717) is 11.3 Å². The summed E-state index contributed by atoms with van der Waals surface area (Å²) < 4.78 is 5.10. The van der Waals surface area contributed by atoms with Gasteiger partial charge >= 0.3 is 0 Å². The number of rotatable bonds is 4. The molecule has 2 rings (SSSR count). The second kappa shape index (κ2) is 5.91. The maximum Gasteiger partial charge on any atom is 0.124 e. The van der Waals surface area contributed by atoms with Gasteiger partial charge in [-0.05, 0) is 42.8 Å². The molecule has 19 heavy (non-hydrogen) atoms. The summed E-state index contributed by atoms with van der Waals surface area (Å²) in [4.78, 5) is 0. The minimum atomic E-state index is 0.163. The number of ether oxygens (including phenoxy) is 1. The summed E-state index contributed by atoms with van der Waals surface area (Å²) in [6.07, 6.45) is 1.56. The summed E-state index contributed by atoms with van der Waals surface area (Å²) in [5.74, 6) is 0.838. The Bertz CT molecular complexity index is 594. The number of nitrogens with zero attached hydrogens (tertiary/aromatic N) is 1. The van der Waals surface area contributed by atoms with Crippen LogP contribution < -0.4 is 10.2 Å². The fourth-order valence-electron chi connectivity index (χ4n) is 1.65. The quantitative estimate of drug-likeness (QED) is 0.652. The van der Waals surface area contributed by atoms with E-state index < -0.39 is 0 Å². The zero-order valence-corrected chi connectivity index (χ0v) is 10.9. The van der Waals surface area contributed by atoms with Crippen LogP contribution in [0.25, 0.3) is 0 Å². The Morgan fingerprint density at radius 3 is 2.79 bits per heavy atom. The number of anilines is 1. The van der Waals surface area contributed by atoms with Gasteiger partial charge in [-0.3, -0.25) is 5.43 Å². The van der Waals surface area contributed by atoms with Gasteiger partial charge in [0, 0.05) is 5.56 Å². The monoisotopic (exact) mass is 256 g/mol. The van der Waals surface area contributed by atoms with Crippen LogP contribution in [0.1, 0.15) is 11.1 Å². The Labute approximate surface area is 112 Å². The molecule has 0 saturated carbocycles. The fraction of sp³-hybridized carbons (Fsp3) is 0.133. The summed E-state index contributed by atoms with van der Waals surface area (Å²) in [5, 5.41) is 13.8. The topological polar surface area (TPSA) is 53.9 Å². The van der Waals surface area contributed by atoms with Crippen molar-refractivity contribution in [3.63, 3.8) is 0 Å². The third-order valence-corrected chi connectivity index (χ3v) is 2.65. The first-order valence-electron chi connectivity index (χ1n) is 5.92. The van der Waals surface area contributed by atoms with E-state index in [2.05, 4.69) is 10.5 Å². The molecule has 0 radical (unpaired) electrons. The number of aromatic hydroxyl groups is 1. The van der Waals surface area contributed by atoms with Gasteiger partial charge in [-0.1, -0.05) is 12.1 Å². The van der Waals surface area contributed by atoms with Crippen LogP contribution in [0, 0.1) is 6.92 Å². The number of phenols is 1. The van der Waals surface area contributed by atoms with E-state index in [0.717, 1.165) is 11.3 Å². The van der Waals surface area contributed by atoms with Gasteiger partial charge in [0.2, 0.25) is 0 Å². The molecule has 4 nitrogen and oxygen atoms in total. The normalized spacial score (nSPS) is 10.6. The first kappa shape index (κ1) is 13.0. The molecule has 2 aromatic rings. The molecule has 0 unspecified atom stereocenters. The Morgan fingerprint density at radius 1 is 1.21 bits per heavy atom. The highest BCUT2D eigenvalue weighted by atomic mass is 16.5. The van der Waals surface area contributed by atoms with Crippen molar-refractivity contribution in [2.45, 2.75) is 6.92 Å². The van der Waals surface area contributed by atoms with Gasteiger partial charge in [0.1, 0.15) is 11.5 Å². The first-order valence-corrected chi connectivity index (χ1v) is 5.92. The molecule has 0 atom stereocenters. The molecule has 0 heterocycles. The van der Waals surface area contributed by atoms with Gasteiger partial charge < -0.3 is 9.84 Å². The van der Waals surface area contributed by atoms with Crippen molar-refractivity contribution in [3.8, 4) is 11.5 Å². The second-order valence-electron chi connectivity index (χ2n) is 4.16. The van der Waals surface area contributed by atoms with Crippen molar-refractivity contribution in [1.82, 2.24) is 0 Å². The van der Waals surface area contributed by atoms with Gasteiger partial charge in [-0.15, -0.1) is 0 Å². The van der Waals surface area contributed by atoms with Crippen molar-refractivity contribution in [2.24, 2.45) is 5.10 Å². The number of aryl methyl sites for hydroxylation is 1. The number of phenolic OH excluding ortho intramolecular Hbond substituents is 1. The van der Waals surface area contributed by atoms with E-state index in [1.165, 1.54) is 0 Å². The van der Waals surface area contributed by atoms with Gasteiger partial charge in [-0.25, -0.2) is 0 Å². The molecule has 0 aliphatic carbocycles. The average molecular weight is 256 g/mol. The van der Waals surface area contributed by atoms with Crippen molar-refractivity contribution < 1.29 is 9.84 Å². The largest absolute Gasteiger partial charge is 0.507 e. The Morgan fingerprint density at radius 2 is 2.05 bits per heavy atom. The van der Waals surface area contributed by atoms with Gasteiger partial charge in [0.25, 0.3) is 0 Å². The van der Waals surface area contributed by atoms with Crippen molar-refractivity contribution in [3.05, 3.63) is 53.6 Å². The van der Waals surface area contributed by atoms with Crippen molar-refractivity contribution in [1.29, 1.82) is 0 Å². The lowest BCUT2D eigenvalue weighted by atomic mass is 10.2. The maximum absolute atomic E-state index is 9.70. The number of benzene rings is 2. The van der Waals surface area contributed by atoms with Crippen LogP contribution in [0.15, 0.2) is 47.6 Å². The van der Waals surface area contributed by atoms with E-state index in [4.69, 9.17) is 4.74 Å². The summed E-state index contributed by atoms with van der Waals surface area (Å²) in [7, 11) is 1.58. The summed E-state index contributed by atoms with van der Waals surface area (Å²) >= 11 is 0. The number of nitrogens with one attached hydrogen (secondary N) is 1. The highest BCUT2D eigenvalue weighted by Gasteiger charge is 2.00. The molecular weight excluding hydrogens is 240 g/mol. The highest BCUT2D eigenvalue weighted by molar-refractivity contribution is 5.84. The van der Waals surface area contributed by atoms with Crippen LogP contribution in [0.3, 0.4) is 0 Å². The Kier molecular flexibility index (Phi) is 4.03. The molecule has 0 saturated heterocycles. The Hall–Kier alpha value is -2.49. The standard InChI is InChI=1S/C15H16N2O2/c1-11-4-3-5-13(8-11)17-16-10-12-9-14(19-2)6-7-15(12)18/h3-10,17-18H,1-2H3/b16-10+. The summed E-state index contributed by atoms with van der Waals surface area (Å²) in [5.41, 5.74) is 5.57. The first-order chi connectivity index (χ1) is 9.19. The second-order valence-corrected chi connectivity index (χ2v) is 4.16. The number of hydrogen-bond donors (Lipinski definition) is 2. The molecule has 0 amide bonds. The minimum Gasteiger partial charge on any atom is -0.507 e. The Balaban J connectivity index is 2.10. The zero-order chi connectivity index (χ0) is 13.7. The van der Waals surface area contributed by atoms with E-state index in [1.54, 1.807) is 31.5 Å². The zero-order valence-electron chi connectivity index (χ0n) is 10.9. The molecule has 4 heteroatoms. The lowest BCUT2D eigenvalue weighted by Crippen LogP contribution is -1.92. The third kappa shape index (κ3) is 3.48. The molecule has 98 valence electrons. The van der Waals surface area contributed by atoms with Crippen LogP contribution in [0.4, 0.5) is 5.69 Å². The molecule has 2 aromatic carbocycles. The van der Waals surface area contributed by atoms with Crippen LogP contribution in [-0.4, -0.2) is 18.4 Å².